The summed E-state index contributed by atoms with van der Waals surface area (Å²) in [5.74, 6) is 0.297. The first-order valence-electron chi connectivity index (χ1n) is 7.26. The molecule has 0 atom stereocenters. The molecule has 1 aromatic heterocycles. The van der Waals surface area contributed by atoms with Crippen molar-refractivity contribution in [3.63, 3.8) is 0 Å². The number of aryl methyl sites for hydroxylation is 1. The van der Waals surface area contributed by atoms with Gasteiger partial charge in [0, 0.05) is 6.54 Å². The van der Waals surface area contributed by atoms with Crippen molar-refractivity contribution in [2.75, 3.05) is 11.9 Å². The summed E-state index contributed by atoms with van der Waals surface area (Å²) >= 11 is 0. The van der Waals surface area contributed by atoms with E-state index < -0.39 is 5.82 Å². The lowest BCUT2D eigenvalue weighted by atomic mass is 10.1. The molecule has 0 saturated heterocycles. The molecule has 0 radical (unpaired) electrons. The summed E-state index contributed by atoms with van der Waals surface area (Å²) in [6, 6.07) is 7.61. The van der Waals surface area contributed by atoms with Gasteiger partial charge < -0.3 is 10.1 Å². The fourth-order valence-corrected chi connectivity index (χ4v) is 1.87. The van der Waals surface area contributed by atoms with Crippen LogP contribution in [0.4, 0.5) is 10.3 Å². The second-order valence-corrected chi connectivity index (χ2v) is 4.77. The van der Waals surface area contributed by atoms with Crippen molar-refractivity contribution in [2.24, 2.45) is 0 Å². The summed E-state index contributed by atoms with van der Waals surface area (Å²) in [6.07, 6.45) is 4.17. The number of nitrogens with zero attached hydrogens (tertiary/aromatic N) is 2. The molecule has 21 heavy (non-hydrogen) atoms. The van der Waals surface area contributed by atoms with Crippen molar-refractivity contribution in [2.45, 2.75) is 33.1 Å². The topological polar surface area (TPSA) is 47.0 Å². The molecule has 0 spiro atoms. The normalized spacial score (nSPS) is 10.4. The van der Waals surface area contributed by atoms with Gasteiger partial charge in [0.1, 0.15) is 5.75 Å². The fourth-order valence-electron chi connectivity index (χ4n) is 1.87. The van der Waals surface area contributed by atoms with Gasteiger partial charge in [-0.3, -0.25) is 0 Å². The molecular formula is C16H20FN3O. The third-order valence-corrected chi connectivity index (χ3v) is 2.92. The van der Waals surface area contributed by atoms with E-state index >= 15 is 0 Å². The van der Waals surface area contributed by atoms with Gasteiger partial charge >= 0.3 is 0 Å². The van der Waals surface area contributed by atoms with Gasteiger partial charge in [-0.15, -0.1) is 0 Å². The number of aromatic nitrogens is 2. The molecule has 2 rings (SSSR count). The van der Waals surface area contributed by atoms with Crippen LogP contribution < -0.4 is 10.1 Å². The number of hydrogen-bond donors (Lipinski definition) is 1. The number of benzene rings is 1. The van der Waals surface area contributed by atoms with Crippen LogP contribution in [-0.2, 0) is 6.42 Å². The first-order valence-corrected chi connectivity index (χ1v) is 7.26. The van der Waals surface area contributed by atoms with E-state index in [0.29, 0.717) is 11.7 Å². The average molecular weight is 289 g/mol. The van der Waals surface area contributed by atoms with Gasteiger partial charge in [0.25, 0.3) is 5.88 Å². The summed E-state index contributed by atoms with van der Waals surface area (Å²) in [6.45, 7) is 4.90. The number of rotatable bonds is 7. The van der Waals surface area contributed by atoms with Gasteiger partial charge in [-0.25, -0.2) is 4.98 Å². The van der Waals surface area contributed by atoms with Gasteiger partial charge in [0.2, 0.25) is 11.8 Å². The third-order valence-electron chi connectivity index (χ3n) is 2.92. The summed E-state index contributed by atoms with van der Waals surface area (Å²) in [5.41, 5.74) is 1.23. The molecule has 0 saturated carbocycles. The minimum Gasteiger partial charge on any atom is -0.436 e. The first-order chi connectivity index (χ1) is 10.2. The Hall–Kier alpha value is -2.17. The highest BCUT2D eigenvalue weighted by Crippen LogP contribution is 2.23. The Morgan fingerprint density at radius 2 is 1.90 bits per heavy atom. The maximum absolute atomic E-state index is 13.7. The lowest BCUT2D eigenvalue weighted by molar-refractivity contribution is 0.420. The molecule has 1 N–H and O–H groups in total. The van der Waals surface area contributed by atoms with E-state index in [0.717, 1.165) is 32.0 Å². The minimum atomic E-state index is -0.574. The molecule has 0 fully saturated rings. The SMILES string of the molecule is CCCNc1ncc(F)c(Oc2ccc(CCC)cc2)n1. The smallest absolute Gasteiger partial charge is 0.260 e. The van der Waals surface area contributed by atoms with Gasteiger partial charge in [-0.2, -0.15) is 9.37 Å². The van der Waals surface area contributed by atoms with E-state index in [4.69, 9.17) is 4.74 Å². The van der Waals surface area contributed by atoms with Crippen LogP contribution in [0, 0.1) is 5.82 Å². The van der Waals surface area contributed by atoms with E-state index in [1.54, 1.807) is 0 Å². The van der Waals surface area contributed by atoms with Crippen LogP contribution in [0.3, 0.4) is 0 Å². The molecule has 2 aromatic rings. The Balaban J connectivity index is 2.10. The standard InChI is InChI=1S/C16H20FN3O/c1-3-5-12-6-8-13(9-7-12)21-15-14(17)11-19-16(20-15)18-10-4-2/h6-9,11H,3-5,10H2,1-2H3,(H,18,19,20). The molecule has 0 aliphatic carbocycles. The Kier molecular flexibility index (Phi) is 5.49. The zero-order valence-corrected chi connectivity index (χ0v) is 12.4. The monoisotopic (exact) mass is 289 g/mol. The van der Waals surface area contributed by atoms with Gasteiger partial charge in [0.15, 0.2) is 0 Å². The number of anilines is 1. The summed E-state index contributed by atoms with van der Waals surface area (Å²) < 4.78 is 19.2. The Morgan fingerprint density at radius 3 is 2.57 bits per heavy atom. The predicted molar refractivity (Wildman–Crippen MR) is 81.3 cm³/mol. The third kappa shape index (κ3) is 4.41. The quantitative estimate of drug-likeness (QED) is 0.830. The molecule has 1 heterocycles. The highest BCUT2D eigenvalue weighted by atomic mass is 19.1. The van der Waals surface area contributed by atoms with Gasteiger partial charge in [-0.05, 0) is 30.5 Å². The number of halogens is 1. The molecule has 0 amide bonds. The van der Waals surface area contributed by atoms with Crippen molar-refractivity contribution >= 4 is 5.95 Å². The Bertz CT molecular complexity index is 572. The maximum Gasteiger partial charge on any atom is 0.260 e. The number of hydrogen-bond acceptors (Lipinski definition) is 4. The van der Waals surface area contributed by atoms with Crippen molar-refractivity contribution in [3.8, 4) is 11.6 Å². The van der Waals surface area contributed by atoms with Gasteiger partial charge in [-0.1, -0.05) is 32.4 Å². The second kappa shape index (κ2) is 7.57. The van der Waals surface area contributed by atoms with Crippen LogP contribution in [0.2, 0.25) is 0 Å². The molecule has 112 valence electrons. The van der Waals surface area contributed by atoms with E-state index in [-0.39, 0.29) is 5.88 Å². The fraction of sp³-hybridized carbons (Fsp3) is 0.375. The van der Waals surface area contributed by atoms with Crippen molar-refractivity contribution < 1.29 is 9.13 Å². The number of ether oxygens (including phenoxy) is 1. The maximum atomic E-state index is 13.7. The minimum absolute atomic E-state index is 0.0631. The molecule has 1 aromatic carbocycles. The average Bonchev–Trinajstić information content (AvgIpc) is 2.50. The summed E-state index contributed by atoms with van der Waals surface area (Å²) in [7, 11) is 0. The first kappa shape index (κ1) is 15.2. The van der Waals surface area contributed by atoms with Crippen LogP contribution in [0.1, 0.15) is 32.3 Å². The van der Waals surface area contributed by atoms with Crippen LogP contribution in [0.5, 0.6) is 11.6 Å². The lowest BCUT2D eigenvalue weighted by Gasteiger charge is -2.08. The van der Waals surface area contributed by atoms with Crippen LogP contribution in [0.25, 0.3) is 0 Å². The predicted octanol–water partition coefficient (Wildman–Crippen LogP) is 4.18. The van der Waals surface area contributed by atoms with Crippen molar-refractivity contribution in [3.05, 3.63) is 41.8 Å². The Morgan fingerprint density at radius 1 is 1.14 bits per heavy atom. The van der Waals surface area contributed by atoms with Gasteiger partial charge in [0.05, 0.1) is 6.20 Å². The molecule has 0 unspecified atom stereocenters. The van der Waals surface area contributed by atoms with E-state index in [2.05, 4.69) is 22.2 Å². The second-order valence-electron chi connectivity index (χ2n) is 4.77. The van der Waals surface area contributed by atoms with Crippen LogP contribution in [-0.4, -0.2) is 16.5 Å². The number of nitrogens with one attached hydrogen (secondary N) is 1. The molecule has 5 heteroatoms. The van der Waals surface area contributed by atoms with E-state index in [1.807, 2.05) is 31.2 Å². The highest BCUT2D eigenvalue weighted by Gasteiger charge is 2.09. The largest absolute Gasteiger partial charge is 0.436 e. The van der Waals surface area contributed by atoms with E-state index in [1.165, 1.54) is 5.56 Å². The molecular weight excluding hydrogens is 269 g/mol. The zero-order valence-electron chi connectivity index (χ0n) is 12.4. The summed E-state index contributed by atoms with van der Waals surface area (Å²) in [5, 5.41) is 3.00. The molecule has 0 aliphatic heterocycles. The van der Waals surface area contributed by atoms with Crippen molar-refractivity contribution in [1.29, 1.82) is 0 Å². The Labute approximate surface area is 124 Å². The highest BCUT2D eigenvalue weighted by molar-refractivity contribution is 5.33. The molecule has 0 aliphatic rings. The zero-order chi connectivity index (χ0) is 15.1. The van der Waals surface area contributed by atoms with Crippen LogP contribution >= 0.6 is 0 Å². The molecule has 4 nitrogen and oxygen atoms in total. The molecule has 0 bridgehead atoms. The van der Waals surface area contributed by atoms with Crippen LogP contribution in [0.15, 0.2) is 30.5 Å². The van der Waals surface area contributed by atoms with Crippen molar-refractivity contribution in [1.82, 2.24) is 9.97 Å². The lowest BCUT2D eigenvalue weighted by Crippen LogP contribution is -2.05. The summed E-state index contributed by atoms with van der Waals surface area (Å²) in [4.78, 5) is 7.92. The van der Waals surface area contributed by atoms with E-state index in [9.17, 15) is 4.39 Å².